The van der Waals surface area contributed by atoms with Crippen LogP contribution in [0.25, 0.3) is 0 Å². The van der Waals surface area contributed by atoms with Crippen LogP contribution in [-0.2, 0) is 4.74 Å². The van der Waals surface area contributed by atoms with Crippen LogP contribution in [0.15, 0.2) is 12.1 Å². The molecule has 90 valence electrons. The summed E-state index contributed by atoms with van der Waals surface area (Å²) in [5.41, 5.74) is 1.96. The van der Waals surface area contributed by atoms with Gasteiger partial charge >= 0.3 is 0 Å². The Morgan fingerprint density at radius 2 is 1.94 bits per heavy atom. The predicted octanol–water partition coefficient (Wildman–Crippen LogP) is 2.90. The Labute approximate surface area is 96.1 Å². The Hall–Kier alpha value is -0.930. The summed E-state index contributed by atoms with van der Waals surface area (Å²) < 4.78 is 19.0. The Morgan fingerprint density at radius 1 is 1.31 bits per heavy atom. The fourth-order valence-electron chi connectivity index (χ4n) is 1.72. The van der Waals surface area contributed by atoms with Crippen LogP contribution < -0.4 is 0 Å². The van der Waals surface area contributed by atoms with Crippen LogP contribution in [0.2, 0.25) is 0 Å². The zero-order valence-electron chi connectivity index (χ0n) is 10.2. The normalized spacial score (nSPS) is 13.2. The molecule has 0 amide bonds. The van der Waals surface area contributed by atoms with Crippen LogP contribution in [0.4, 0.5) is 4.39 Å². The first kappa shape index (κ1) is 13.1. The van der Waals surface area contributed by atoms with Gasteiger partial charge in [0.25, 0.3) is 0 Å². The number of hydrogen-bond donors (Lipinski definition) is 1. The molecule has 0 bridgehead atoms. The Kier molecular flexibility index (Phi) is 4.44. The fraction of sp³-hybridized carbons (Fsp3) is 0.538. The lowest BCUT2D eigenvalue weighted by Gasteiger charge is -2.17. The van der Waals surface area contributed by atoms with E-state index in [1.165, 1.54) is 6.07 Å². The van der Waals surface area contributed by atoms with E-state index in [0.29, 0.717) is 5.56 Å². The van der Waals surface area contributed by atoms with Crippen molar-refractivity contribution in [2.45, 2.75) is 39.9 Å². The van der Waals surface area contributed by atoms with E-state index in [-0.39, 0.29) is 18.5 Å². The first-order chi connectivity index (χ1) is 7.41. The lowest BCUT2D eigenvalue weighted by molar-refractivity contribution is 0.00334. The van der Waals surface area contributed by atoms with E-state index < -0.39 is 6.10 Å². The van der Waals surface area contributed by atoms with Gasteiger partial charge in [-0.15, -0.1) is 0 Å². The molecule has 0 aliphatic carbocycles. The molecule has 2 nitrogen and oxygen atoms in total. The van der Waals surface area contributed by atoms with Crippen molar-refractivity contribution < 1.29 is 14.2 Å². The van der Waals surface area contributed by atoms with E-state index in [9.17, 15) is 9.50 Å². The average Bonchev–Trinajstić information content (AvgIpc) is 2.12. The van der Waals surface area contributed by atoms with Gasteiger partial charge < -0.3 is 9.84 Å². The van der Waals surface area contributed by atoms with Crippen molar-refractivity contribution >= 4 is 0 Å². The van der Waals surface area contributed by atoms with Crippen LogP contribution in [0.3, 0.4) is 0 Å². The van der Waals surface area contributed by atoms with Crippen LogP contribution in [0.5, 0.6) is 0 Å². The Morgan fingerprint density at radius 3 is 2.44 bits per heavy atom. The van der Waals surface area contributed by atoms with Gasteiger partial charge in [-0.1, -0.05) is 6.07 Å². The van der Waals surface area contributed by atoms with Crippen molar-refractivity contribution in [3.8, 4) is 0 Å². The van der Waals surface area contributed by atoms with Gasteiger partial charge in [-0.2, -0.15) is 0 Å². The first-order valence-corrected chi connectivity index (χ1v) is 5.48. The molecular formula is C13H19FO2. The monoisotopic (exact) mass is 226 g/mol. The SMILES string of the molecule is Cc1cc(C)c(C(O)COC(C)C)c(F)c1. The number of benzene rings is 1. The summed E-state index contributed by atoms with van der Waals surface area (Å²) in [6.07, 6.45) is -0.869. The molecule has 0 heterocycles. The number of aliphatic hydroxyl groups is 1. The predicted molar refractivity (Wildman–Crippen MR) is 61.9 cm³/mol. The van der Waals surface area contributed by atoms with Gasteiger partial charge in [0.05, 0.1) is 12.7 Å². The van der Waals surface area contributed by atoms with Crippen molar-refractivity contribution in [3.05, 3.63) is 34.6 Å². The third-order valence-electron chi connectivity index (χ3n) is 2.40. The number of rotatable bonds is 4. The van der Waals surface area contributed by atoms with E-state index >= 15 is 0 Å². The highest BCUT2D eigenvalue weighted by Crippen LogP contribution is 2.23. The van der Waals surface area contributed by atoms with Crippen molar-refractivity contribution in [3.63, 3.8) is 0 Å². The van der Waals surface area contributed by atoms with Crippen LogP contribution in [-0.4, -0.2) is 17.8 Å². The average molecular weight is 226 g/mol. The Bertz CT molecular complexity index is 338. The second-order valence-corrected chi connectivity index (χ2v) is 4.38. The summed E-state index contributed by atoms with van der Waals surface area (Å²) >= 11 is 0. The summed E-state index contributed by atoms with van der Waals surface area (Å²) in [5.74, 6) is -0.364. The number of aryl methyl sites for hydroxylation is 2. The number of aliphatic hydroxyl groups excluding tert-OH is 1. The maximum absolute atomic E-state index is 13.7. The molecule has 1 atom stereocenters. The summed E-state index contributed by atoms with van der Waals surface area (Å²) in [6.45, 7) is 7.51. The van der Waals surface area contributed by atoms with Gasteiger partial charge in [-0.05, 0) is 44.9 Å². The molecule has 0 aliphatic rings. The first-order valence-electron chi connectivity index (χ1n) is 5.48. The smallest absolute Gasteiger partial charge is 0.129 e. The van der Waals surface area contributed by atoms with E-state index in [0.717, 1.165) is 11.1 Å². The number of ether oxygens (including phenoxy) is 1. The van der Waals surface area contributed by atoms with Gasteiger partial charge in [0, 0.05) is 5.56 Å². The molecule has 0 spiro atoms. The quantitative estimate of drug-likeness (QED) is 0.855. The number of hydrogen-bond acceptors (Lipinski definition) is 2. The van der Waals surface area contributed by atoms with Crippen molar-refractivity contribution in [1.82, 2.24) is 0 Å². The third-order valence-corrected chi connectivity index (χ3v) is 2.40. The molecule has 0 fully saturated rings. The van der Waals surface area contributed by atoms with Crippen molar-refractivity contribution in [2.75, 3.05) is 6.61 Å². The molecule has 3 heteroatoms. The molecule has 1 aromatic carbocycles. The van der Waals surface area contributed by atoms with Crippen molar-refractivity contribution in [1.29, 1.82) is 0 Å². The lowest BCUT2D eigenvalue weighted by Crippen LogP contribution is -2.14. The standard InChI is InChI=1S/C13H19FO2/c1-8(2)16-7-12(15)13-10(4)5-9(3)6-11(13)14/h5-6,8,12,15H,7H2,1-4H3. The van der Waals surface area contributed by atoms with Crippen molar-refractivity contribution in [2.24, 2.45) is 0 Å². The summed E-state index contributed by atoms with van der Waals surface area (Å²) in [7, 11) is 0. The van der Waals surface area contributed by atoms with E-state index in [1.807, 2.05) is 26.8 Å². The molecule has 1 rings (SSSR count). The summed E-state index contributed by atoms with van der Waals surface area (Å²) in [6, 6.07) is 3.29. The van der Waals surface area contributed by atoms with Crippen LogP contribution in [0.1, 0.15) is 36.6 Å². The number of halogens is 1. The molecule has 0 aromatic heterocycles. The minimum absolute atomic E-state index is 0.0310. The third kappa shape index (κ3) is 3.29. The maximum Gasteiger partial charge on any atom is 0.129 e. The molecule has 0 aliphatic heterocycles. The highest BCUT2D eigenvalue weighted by Gasteiger charge is 2.16. The molecule has 16 heavy (non-hydrogen) atoms. The molecular weight excluding hydrogens is 207 g/mol. The molecule has 0 saturated carbocycles. The minimum Gasteiger partial charge on any atom is -0.386 e. The second-order valence-electron chi connectivity index (χ2n) is 4.38. The summed E-state index contributed by atoms with van der Waals surface area (Å²) in [4.78, 5) is 0. The van der Waals surface area contributed by atoms with E-state index in [4.69, 9.17) is 4.74 Å². The second kappa shape index (κ2) is 5.41. The highest BCUT2D eigenvalue weighted by atomic mass is 19.1. The van der Waals surface area contributed by atoms with Gasteiger partial charge in [-0.3, -0.25) is 0 Å². The fourth-order valence-corrected chi connectivity index (χ4v) is 1.72. The van der Waals surface area contributed by atoms with Crippen LogP contribution >= 0.6 is 0 Å². The Balaban J connectivity index is 2.86. The molecule has 0 radical (unpaired) electrons. The molecule has 1 unspecified atom stereocenters. The largest absolute Gasteiger partial charge is 0.386 e. The van der Waals surface area contributed by atoms with Gasteiger partial charge in [0.15, 0.2) is 0 Å². The van der Waals surface area contributed by atoms with E-state index in [2.05, 4.69) is 0 Å². The topological polar surface area (TPSA) is 29.5 Å². The molecule has 0 saturated heterocycles. The van der Waals surface area contributed by atoms with Crippen LogP contribution in [0, 0.1) is 19.7 Å². The minimum atomic E-state index is -0.900. The lowest BCUT2D eigenvalue weighted by atomic mass is 10.0. The molecule has 1 aromatic rings. The van der Waals surface area contributed by atoms with Gasteiger partial charge in [0.2, 0.25) is 0 Å². The van der Waals surface area contributed by atoms with Gasteiger partial charge in [-0.25, -0.2) is 4.39 Å². The zero-order chi connectivity index (χ0) is 12.3. The molecule has 1 N–H and O–H groups in total. The summed E-state index contributed by atoms with van der Waals surface area (Å²) in [5, 5.41) is 9.86. The van der Waals surface area contributed by atoms with Gasteiger partial charge in [0.1, 0.15) is 11.9 Å². The maximum atomic E-state index is 13.7. The zero-order valence-corrected chi connectivity index (χ0v) is 10.2. The highest BCUT2D eigenvalue weighted by molar-refractivity contribution is 5.33. The van der Waals surface area contributed by atoms with E-state index in [1.54, 1.807) is 6.92 Å².